The zero-order valence-corrected chi connectivity index (χ0v) is 14.0. The first-order valence-corrected chi connectivity index (χ1v) is 7.93. The molecule has 7 heteroatoms. The Hall–Kier alpha value is -3.74. The number of aryl methyl sites for hydroxylation is 1. The Kier molecular flexibility index (Phi) is 4.03. The molecule has 3 aromatic heterocycles. The number of anilines is 1. The van der Waals surface area contributed by atoms with Gasteiger partial charge in [-0.3, -0.25) is 4.98 Å². The Bertz CT molecular complexity index is 1030. The third kappa shape index (κ3) is 3.23. The molecule has 0 atom stereocenters. The molecule has 0 saturated carbocycles. The molecular formula is C19H15N5O2. The third-order valence-corrected chi connectivity index (χ3v) is 3.73. The standard InChI is InChI=1S/C19H15N5O2/c1-12-2-4-14(5-3-12)25-15-10-16(17(20)22-11-15)19-24-23-18(26-19)13-6-8-21-9-7-13/h2-11H,1H3,(H2,20,22). The molecule has 128 valence electrons. The summed E-state index contributed by atoms with van der Waals surface area (Å²) in [4.78, 5) is 8.14. The highest BCUT2D eigenvalue weighted by molar-refractivity contribution is 5.69. The lowest BCUT2D eigenvalue weighted by molar-refractivity contribution is 0.480. The number of ether oxygens (including phenoxy) is 1. The fourth-order valence-electron chi connectivity index (χ4n) is 2.37. The van der Waals surface area contributed by atoms with Gasteiger partial charge in [-0.2, -0.15) is 0 Å². The van der Waals surface area contributed by atoms with Crippen molar-refractivity contribution in [3.05, 3.63) is 66.6 Å². The molecule has 0 fully saturated rings. The molecule has 0 saturated heterocycles. The largest absolute Gasteiger partial charge is 0.456 e. The van der Waals surface area contributed by atoms with Crippen molar-refractivity contribution in [2.45, 2.75) is 6.92 Å². The molecule has 7 nitrogen and oxygen atoms in total. The van der Waals surface area contributed by atoms with Crippen molar-refractivity contribution in [3.63, 3.8) is 0 Å². The van der Waals surface area contributed by atoms with Crippen LogP contribution >= 0.6 is 0 Å². The van der Waals surface area contributed by atoms with E-state index in [4.69, 9.17) is 14.9 Å². The minimum Gasteiger partial charge on any atom is -0.456 e. The summed E-state index contributed by atoms with van der Waals surface area (Å²) < 4.78 is 11.6. The van der Waals surface area contributed by atoms with Gasteiger partial charge in [0.25, 0.3) is 5.89 Å². The lowest BCUT2D eigenvalue weighted by atomic mass is 10.2. The Balaban J connectivity index is 1.64. The van der Waals surface area contributed by atoms with E-state index in [1.807, 2.05) is 31.2 Å². The number of benzene rings is 1. The average molecular weight is 345 g/mol. The van der Waals surface area contributed by atoms with E-state index in [0.29, 0.717) is 23.0 Å². The number of nitrogens with two attached hydrogens (primary N) is 1. The summed E-state index contributed by atoms with van der Waals surface area (Å²) in [5.41, 5.74) is 8.43. The van der Waals surface area contributed by atoms with E-state index >= 15 is 0 Å². The van der Waals surface area contributed by atoms with E-state index in [1.54, 1.807) is 36.8 Å². The predicted molar refractivity (Wildman–Crippen MR) is 96.4 cm³/mol. The van der Waals surface area contributed by atoms with Gasteiger partial charge in [0, 0.05) is 18.0 Å². The van der Waals surface area contributed by atoms with Crippen LogP contribution < -0.4 is 10.5 Å². The highest BCUT2D eigenvalue weighted by Crippen LogP contribution is 2.31. The van der Waals surface area contributed by atoms with E-state index in [-0.39, 0.29) is 11.7 Å². The van der Waals surface area contributed by atoms with Crippen LogP contribution in [0, 0.1) is 6.92 Å². The van der Waals surface area contributed by atoms with Crippen LogP contribution in [0.4, 0.5) is 5.82 Å². The summed E-state index contributed by atoms with van der Waals surface area (Å²) in [6.07, 6.45) is 4.87. The SMILES string of the molecule is Cc1ccc(Oc2cnc(N)c(-c3nnc(-c4ccncc4)o3)c2)cc1. The first-order chi connectivity index (χ1) is 12.7. The molecule has 0 bridgehead atoms. The smallest absolute Gasteiger partial charge is 0.252 e. The molecule has 0 spiro atoms. The molecule has 2 N–H and O–H groups in total. The maximum atomic E-state index is 5.98. The molecule has 26 heavy (non-hydrogen) atoms. The van der Waals surface area contributed by atoms with Crippen LogP contribution in [0.15, 0.2) is 65.5 Å². The normalized spacial score (nSPS) is 10.7. The zero-order chi connectivity index (χ0) is 17.9. The Labute approximate surface area is 149 Å². The van der Waals surface area contributed by atoms with Gasteiger partial charge in [0.05, 0.1) is 11.8 Å². The van der Waals surface area contributed by atoms with Crippen LogP contribution in [0.2, 0.25) is 0 Å². The van der Waals surface area contributed by atoms with E-state index in [9.17, 15) is 0 Å². The van der Waals surface area contributed by atoms with Crippen LogP contribution in [0.25, 0.3) is 22.9 Å². The van der Waals surface area contributed by atoms with Crippen LogP contribution in [0.5, 0.6) is 11.5 Å². The number of hydrogen-bond donors (Lipinski definition) is 1. The fraction of sp³-hybridized carbons (Fsp3) is 0.0526. The molecule has 0 radical (unpaired) electrons. The van der Waals surface area contributed by atoms with Crippen molar-refractivity contribution >= 4 is 5.82 Å². The maximum absolute atomic E-state index is 5.98. The van der Waals surface area contributed by atoms with Gasteiger partial charge in [-0.05, 0) is 37.3 Å². The molecular weight excluding hydrogens is 330 g/mol. The van der Waals surface area contributed by atoms with Crippen molar-refractivity contribution in [1.82, 2.24) is 20.2 Å². The Morgan fingerprint density at radius 1 is 0.923 bits per heavy atom. The number of hydrogen-bond acceptors (Lipinski definition) is 7. The second-order valence-electron chi connectivity index (χ2n) is 5.67. The molecule has 0 aliphatic rings. The number of rotatable bonds is 4. The number of pyridine rings is 2. The maximum Gasteiger partial charge on any atom is 0.252 e. The van der Waals surface area contributed by atoms with Crippen molar-refractivity contribution in [2.24, 2.45) is 0 Å². The molecule has 3 heterocycles. The molecule has 0 amide bonds. The second kappa shape index (κ2) is 6.64. The topological polar surface area (TPSA) is 100.0 Å². The summed E-state index contributed by atoms with van der Waals surface area (Å²) in [5, 5.41) is 8.13. The number of aromatic nitrogens is 4. The van der Waals surface area contributed by atoms with E-state index in [0.717, 1.165) is 11.1 Å². The Morgan fingerprint density at radius 3 is 2.42 bits per heavy atom. The summed E-state index contributed by atoms with van der Waals surface area (Å²) >= 11 is 0. The second-order valence-corrected chi connectivity index (χ2v) is 5.67. The van der Waals surface area contributed by atoms with E-state index < -0.39 is 0 Å². The number of nitrogen functional groups attached to an aromatic ring is 1. The minimum absolute atomic E-state index is 0.274. The van der Waals surface area contributed by atoms with Crippen molar-refractivity contribution in [3.8, 4) is 34.4 Å². The van der Waals surface area contributed by atoms with Gasteiger partial charge in [-0.25, -0.2) is 4.98 Å². The van der Waals surface area contributed by atoms with Gasteiger partial charge in [0.1, 0.15) is 17.3 Å². The van der Waals surface area contributed by atoms with Crippen LogP contribution in [0.1, 0.15) is 5.56 Å². The highest BCUT2D eigenvalue weighted by atomic mass is 16.5. The van der Waals surface area contributed by atoms with Crippen LogP contribution in [-0.2, 0) is 0 Å². The van der Waals surface area contributed by atoms with E-state index in [1.165, 1.54) is 0 Å². The average Bonchev–Trinajstić information content (AvgIpc) is 3.16. The lowest BCUT2D eigenvalue weighted by Gasteiger charge is -2.07. The molecule has 0 unspecified atom stereocenters. The van der Waals surface area contributed by atoms with Crippen molar-refractivity contribution < 1.29 is 9.15 Å². The van der Waals surface area contributed by atoms with E-state index in [2.05, 4.69) is 20.2 Å². The summed E-state index contributed by atoms with van der Waals surface area (Å²) in [5.74, 6) is 2.17. The van der Waals surface area contributed by atoms with Crippen molar-refractivity contribution in [1.29, 1.82) is 0 Å². The van der Waals surface area contributed by atoms with Gasteiger partial charge in [-0.15, -0.1) is 10.2 Å². The zero-order valence-electron chi connectivity index (χ0n) is 14.0. The summed E-state index contributed by atoms with van der Waals surface area (Å²) in [6, 6.07) is 13.0. The lowest BCUT2D eigenvalue weighted by Crippen LogP contribution is -1.95. The Morgan fingerprint density at radius 2 is 1.65 bits per heavy atom. The van der Waals surface area contributed by atoms with Gasteiger partial charge in [0.15, 0.2) is 0 Å². The highest BCUT2D eigenvalue weighted by Gasteiger charge is 2.15. The predicted octanol–water partition coefficient (Wildman–Crippen LogP) is 3.88. The molecule has 4 aromatic rings. The van der Waals surface area contributed by atoms with Gasteiger partial charge in [-0.1, -0.05) is 17.7 Å². The first kappa shape index (κ1) is 15.8. The van der Waals surface area contributed by atoms with Crippen LogP contribution in [-0.4, -0.2) is 20.2 Å². The minimum atomic E-state index is 0.274. The van der Waals surface area contributed by atoms with Gasteiger partial charge in [0.2, 0.25) is 5.89 Å². The first-order valence-electron chi connectivity index (χ1n) is 7.93. The van der Waals surface area contributed by atoms with Crippen LogP contribution in [0.3, 0.4) is 0 Å². The van der Waals surface area contributed by atoms with Gasteiger partial charge >= 0.3 is 0 Å². The molecule has 1 aromatic carbocycles. The molecule has 0 aliphatic heterocycles. The molecule has 0 aliphatic carbocycles. The van der Waals surface area contributed by atoms with Gasteiger partial charge < -0.3 is 14.9 Å². The monoisotopic (exact) mass is 345 g/mol. The third-order valence-electron chi connectivity index (χ3n) is 3.73. The summed E-state index contributed by atoms with van der Waals surface area (Å²) in [6.45, 7) is 2.02. The fourth-order valence-corrected chi connectivity index (χ4v) is 2.37. The quantitative estimate of drug-likeness (QED) is 0.599. The number of nitrogens with zero attached hydrogens (tertiary/aromatic N) is 4. The summed E-state index contributed by atoms with van der Waals surface area (Å²) in [7, 11) is 0. The van der Waals surface area contributed by atoms with Crippen molar-refractivity contribution in [2.75, 3.05) is 5.73 Å². The molecule has 4 rings (SSSR count).